The smallest absolute Gasteiger partial charge is 0.0175 e. The Morgan fingerprint density at radius 1 is 1.45 bits per heavy atom. The third-order valence-corrected chi connectivity index (χ3v) is 2.17. The van der Waals surface area contributed by atoms with Crippen LogP contribution in [0.15, 0.2) is 0 Å². The molecule has 0 aromatic heterocycles. The van der Waals surface area contributed by atoms with Gasteiger partial charge in [-0.05, 0) is 33.6 Å². The number of hydrogen-bond acceptors (Lipinski definition) is 2. The van der Waals surface area contributed by atoms with Crippen molar-refractivity contribution < 1.29 is 0 Å². The van der Waals surface area contributed by atoms with Crippen LogP contribution in [0.5, 0.6) is 0 Å². The summed E-state index contributed by atoms with van der Waals surface area (Å²) in [6, 6.07) is 0. The molecule has 1 fully saturated rings. The lowest BCUT2D eigenvalue weighted by Gasteiger charge is -2.23. The molecule has 0 heterocycles. The van der Waals surface area contributed by atoms with Gasteiger partial charge in [0.2, 0.25) is 0 Å². The predicted molar refractivity (Wildman–Crippen MR) is 48.2 cm³/mol. The van der Waals surface area contributed by atoms with Crippen LogP contribution in [0.25, 0.3) is 0 Å². The highest BCUT2D eigenvalue weighted by Gasteiger charge is 2.40. The van der Waals surface area contributed by atoms with Gasteiger partial charge in [0.1, 0.15) is 0 Å². The average Bonchev–Trinajstić information content (AvgIpc) is 2.63. The van der Waals surface area contributed by atoms with E-state index in [0.717, 1.165) is 6.54 Å². The Balaban J connectivity index is 2.27. The van der Waals surface area contributed by atoms with Crippen molar-refractivity contribution in [2.75, 3.05) is 6.54 Å². The summed E-state index contributed by atoms with van der Waals surface area (Å²) >= 11 is 0. The summed E-state index contributed by atoms with van der Waals surface area (Å²) in [5.74, 6) is 0. The van der Waals surface area contributed by atoms with Crippen molar-refractivity contribution in [1.82, 2.24) is 5.32 Å². The maximum Gasteiger partial charge on any atom is 0.0175 e. The first kappa shape index (κ1) is 8.72. The fraction of sp³-hybridized carbons (Fsp3) is 0.889. The van der Waals surface area contributed by atoms with E-state index < -0.39 is 0 Å². The minimum atomic E-state index is 0.193. The maximum atomic E-state index is 7.21. The van der Waals surface area contributed by atoms with Crippen molar-refractivity contribution in [3.8, 4) is 0 Å². The van der Waals surface area contributed by atoms with Gasteiger partial charge in [-0.3, -0.25) is 0 Å². The molecule has 1 rings (SSSR count). The quantitative estimate of drug-likeness (QED) is 0.597. The second-order valence-corrected chi connectivity index (χ2v) is 4.61. The minimum absolute atomic E-state index is 0.193. The van der Waals surface area contributed by atoms with Crippen LogP contribution in [-0.2, 0) is 0 Å². The minimum Gasteiger partial charge on any atom is -0.312 e. The van der Waals surface area contributed by atoms with Crippen molar-refractivity contribution >= 4 is 6.21 Å². The zero-order valence-electron chi connectivity index (χ0n) is 7.70. The summed E-state index contributed by atoms with van der Waals surface area (Å²) in [5.41, 5.74) is 0.422. The number of hydrogen-bond donors (Lipinski definition) is 2. The van der Waals surface area contributed by atoms with Gasteiger partial charge in [-0.15, -0.1) is 0 Å². The van der Waals surface area contributed by atoms with Gasteiger partial charge in [0.25, 0.3) is 0 Å². The third-order valence-electron chi connectivity index (χ3n) is 2.17. The Bertz CT molecular complexity index is 151. The molecular weight excluding hydrogens is 136 g/mol. The lowest BCUT2D eigenvalue weighted by molar-refractivity contribution is 0.400. The average molecular weight is 154 g/mol. The van der Waals surface area contributed by atoms with Crippen molar-refractivity contribution in [3.05, 3.63) is 0 Å². The van der Waals surface area contributed by atoms with Crippen LogP contribution in [0.2, 0.25) is 0 Å². The van der Waals surface area contributed by atoms with Crippen LogP contribution in [0.4, 0.5) is 0 Å². The second kappa shape index (κ2) is 2.59. The van der Waals surface area contributed by atoms with Gasteiger partial charge in [-0.25, -0.2) is 0 Å². The normalized spacial score (nSPS) is 21.4. The highest BCUT2D eigenvalue weighted by atomic mass is 15.0. The topological polar surface area (TPSA) is 35.9 Å². The molecule has 0 aromatic rings. The molecule has 2 nitrogen and oxygen atoms in total. The van der Waals surface area contributed by atoms with E-state index in [1.165, 1.54) is 12.8 Å². The standard InChI is InChI=1S/C9H18N2/c1-8(2,3)11-7-9(6-10)4-5-9/h6,10-11H,4-5,7H2,1-3H3. The van der Waals surface area contributed by atoms with Gasteiger partial charge in [-0.1, -0.05) is 0 Å². The van der Waals surface area contributed by atoms with E-state index in [1.807, 2.05) is 0 Å². The van der Waals surface area contributed by atoms with Crippen LogP contribution in [0.3, 0.4) is 0 Å². The van der Waals surface area contributed by atoms with Crippen LogP contribution in [-0.4, -0.2) is 18.3 Å². The Kier molecular flexibility index (Phi) is 2.06. The lowest BCUT2D eigenvalue weighted by atomic mass is 10.1. The van der Waals surface area contributed by atoms with Gasteiger partial charge in [0.15, 0.2) is 0 Å². The molecule has 2 heteroatoms. The monoisotopic (exact) mass is 154 g/mol. The molecule has 0 atom stereocenters. The van der Waals surface area contributed by atoms with Gasteiger partial charge < -0.3 is 10.7 Å². The van der Waals surface area contributed by atoms with E-state index >= 15 is 0 Å². The molecule has 0 aromatic carbocycles. The molecule has 64 valence electrons. The molecule has 0 unspecified atom stereocenters. The molecule has 1 aliphatic carbocycles. The van der Waals surface area contributed by atoms with Crippen molar-refractivity contribution in [3.63, 3.8) is 0 Å². The molecule has 0 saturated heterocycles. The maximum absolute atomic E-state index is 7.21. The van der Waals surface area contributed by atoms with E-state index in [1.54, 1.807) is 6.21 Å². The third kappa shape index (κ3) is 2.62. The fourth-order valence-electron chi connectivity index (χ4n) is 0.974. The summed E-state index contributed by atoms with van der Waals surface area (Å²) in [6.45, 7) is 7.45. The largest absolute Gasteiger partial charge is 0.312 e. The molecule has 2 N–H and O–H groups in total. The SMILES string of the molecule is CC(C)(C)NCC1(C=N)CC1. The predicted octanol–water partition coefficient (Wildman–Crippen LogP) is 1.80. The molecule has 1 saturated carbocycles. The van der Waals surface area contributed by atoms with E-state index in [0.29, 0.717) is 0 Å². The lowest BCUT2D eigenvalue weighted by Crippen LogP contribution is -2.40. The van der Waals surface area contributed by atoms with Gasteiger partial charge in [0.05, 0.1) is 0 Å². The molecular formula is C9H18N2. The first-order chi connectivity index (χ1) is 4.97. The first-order valence-corrected chi connectivity index (χ1v) is 4.24. The summed E-state index contributed by atoms with van der Waals surface area (Å²) in [5, 5.41) is 10.6. The summed E-state index contributed by atoms with van der Waals surface area (Å²) in [4.78, 5) is 0. The Morgan fingerprint density at radius 3 is 2.27 bits per heavy atom. The van der Waals surface area contributed by atoms with Crippen molar-refractivity contribution in [1.29, 1.82) is 5.41 Å². The zero-order chi connectivity index (χ0) is 8.54. The van der Waals surface area contributed by atoms with Crippen LogP contribution < -0.4 is 5.32 Å². The van der Waals surface area contributed by atoms with E-state index in [2.05, 4.69) is 26.1 Å². The second-order valence-electron chi connectivity index (χ2n) is 4.61. The van der Waals surface area contributed by atoms with Gasteiger partial charge >= 0.3 is 0 Å². The molecule has 1 aliphatic rings. The first-order valence-electron chi connectivity index (χ1n) is 4.24. The number of rotatable bonds is 3. The molecule has 0 spiro atoms. The van der Waals surface area contributed by atoms with E-state index in [9.17, 15) is 0 Å². The molecule has 0 aliphatic heterocycles. The number of nitrogens with one attached hydrogen (secondary N) is 2. The Morgan fingerprint density at radius 2 is 2.00 bits per heavy atom. The molecule has 0 radical (unpaired) electrons. The summed E-state index contributed by atoms with van der Waals surface area (Å²) in [6.07, 6.45) is 3.99. The highest BCUT2D eigenvalue weighted by Crippen LogP contribution is 2.42. The highest BCUT2D eigenvalue weighted by molar-refractivity contribution is 5.66. The van der Waals surface area contributed by atoms with E-state index in [4.69, 9.17) is 5.41 Å². The molecule has 0 amide bonds. The Hall–Kier alpha value is -0.370. The molecule has 11 heavy (non-hydrogen) atoms. The summed E-state index contributed by atoms with van der Waals surface area (Å²) < 4.78 is 0. The molecule has 0 bridgehead atoms. The van der Waals surface area contributed by atoms with E-state index in [-0.39, 0.29) is 11.0 Å². The fourth-order valence-corrected chi connectivity index (χ4v) is 0.974. The zero-order valence-corrected chi connectivity index (χ0v) is 7.70. The van der Waals surface area contributed by atoms with Gasteiger partial charge in [0, 0.05) is 23.7 Å². The Labute approximate surface area is 68.9 Å². The van der Waals surface area contributed by atoms with Crippen LogP contribution in [0.1, 0.15) is 33.6 Å². The van der Waals surface area contributed by atoms with Crippen molar-refractivity contribution in [2.24, 2.45) is 5.41 Å². The van der Waals surface area contributed by atoms with Crippen LogP contribution in [0, 0.1) is 10.8 Å². The van der Waals surface area contributed by atoms with Crippen LogP contribution >= 0.6 is 0 Å². The van der Waals surface area contributed by atoms with Crippen molar-refractivity contribution in [2.45, 2.75) is 39.2 Å². The summed E-state index contributed by atoms with van der Waals surface area (Å²) in [7, 11) is 0. The van der Waals surface area contributed by atoms with Gasteiger partial charge in [-0.2, -0.15) is 0 Å².